The zero-order valence-corrected chi connectivity index (χ0v) is 11.7. The molecule has 0 amide bonds. The fourth-order valence-corrected chi connectivity index (χ4v) is 3.63. The van der Waals surface area contributed by atoms with Gasteiger partial charge >= 0.3 is 0 Å². The molecule has 2 heterocycles. The number of aryl methyl sites for hydroxylation is 1. The van der Waals surface area contributed by atoms with Crippen LogP contribution in [0.1, 0.15) is 31.2 Å². The van der Waals surface area contributed by atoms with Crippen LogP contribution in [0.4, 0.5) is 5.69 Å². The standard InChI is InChI=1S/C16H24N2O/c1-13-5-2-3-7-15(13)17-16(12-19)8-10-18-9-4-6-14(18)11-16/h2-3,5,7,14,17,19H,4,6,8-12H2,1H3. The van der Waals surface area contributed by atoms with Crippen molar-refractivity contribution in [1.29, 1.82) is 0 Å². The second-order valence-corrected chi connectivity index (χ2v) is 6.16. The molecule has 2 aliphatic rings. The highest BCUT2D eigenvalue weighted by molar-refractivity contribution is 5.52. The molecular formula is C16H24N2O. The lowest BCUT2D eigenvalue weighted by Gasteiger charge is -2.44. The summed E-state index contributed by atoms with van der Waals surface area (Å²) in [5.74, 6) is 0. The number of fused-ring (bicyclic) bond motifs is 1. The average Bonchev–Trinajstić information content (AvgIpc) is 2.88. The Morgan fingerprint density at radius 1 is 1.37 bits per heavy atom. The van der Waals surface area contributed by atoms with Crippen molar-refractivity contribution in [3.05, 3.63) is 29.8 Å². The van der Waals surface area contributed by atoms with Gasteiger partial charge in [-0.05, 0) is 50.8 Å². The maximum Gasteiger partial charge on any atom is 0.0662 e. The summed E-state index contributed by atoms with van der Waals surface area (Å²) in [5.41, 5.74) is 2.30. The molecule has 3 rings (SSSR count). The van der Waals surface area contributed by atoms with Gasteiger partial charge in [0.2, 0.25) is 0 Å². The van der Waals surface area contributed by atoms with Gasteiger partial charge in [0.25, 0.3) is 0 Å². The number of aliphatic hydroxyl groups is 1. The second-order valence-electron chi connectivity index (χ2n) is 6.16. The number of hydrogen-bond acceptors (Lipinski definition) is 3. The third kappa shape index (κ3) is 2.49. The van der Waals surface area contributed by atoms with E-state index in [0.717, 1.165) is 19.4 Å². The van der Waals surface area contributed by atoms with E-state index >= 15 is 0 Å². The Morgan fingerprint density at radius 3 is 3.00 bits per heavy atom. The van der Waals surface area contributed by atoms with Crippen LogP contribution in [0.2, 0.25) is 0 Å². The average molecular weight is 260 g/mol. The first-order chi connectivity index (χ1) is 9.22. The van der Waals surface area contributed by atoms with Crippen molar-refractivity contribution >= 4 is 5.69 Å². The maximum absolute atomic E-state index is 9.93. The summed E-state index contributed by atoms with van der Waals surface area (Å²) in [5, 5.41) is 13.6. The van der Waals surface area contributed by atoms with Gasteiger partial charge in [0.1, 0.15) is 0 Å². The van der Waals surface area contributed by atoms with Gasteiger partial charge in [-0.15, -0.1) is 0 Å². The van der Waals surface area contributed by atoms with Gasteiger partial charge < -0.3 is 15.3 Å². The van der Waals surface area contributed by atoms with Gasteiger partial charge in [-0.3, -0.25) is 0 Å². The first kappa shape index (κ1) is 12.9. The van der Waals surface area contributed by atoms with Crippen molar-refractivity contribution < 1.29 is 5.11 Å². The van der Waals surface area contributed by atoms with Crippen molar-refractivity contribution in [3.63, 3.8) is 0 Å². The third-order valence-corrected chi connectivity index (χ3v) is 4.85. The highest BCUT2D eigenvalue weighted by Crippen LogP contribution is 2.35. The van der Waals surface area contributed by atoms with Crippen molar-refractivity contribution in [1.82, 2.24) is 4.90 Å². The Bertz CT molecular complexity index is 448. The smallest absolute Gasteiger partial charge is 0.0662 e. The van der Waals surface area contributed by atoms with Crippen molar-refractivity contribution in [2.45, 2.75) is 44.2 Å². The molecule has 2 atom stereocenters. The lowest BCUT2D eigenvalue weighted by atomic mass is 9.83. The number of nitrogens with one attached hydrogen (secondary N) is 1. The Kier molecular flexibility index (Phi) is 3.50. The minimum Gasteiger partial charge on any atom is -0.394 e. The molecule has 3 heteroatoms. The molecule has 2 fully saturated rings. The van der Waals surface area contributed by atoms with E-state index in [0.29, 0.717) is 6.04 Å². The van der Waals surface area contributed by atoms with Crippen LogP contribution in [0, 0.1) is 6.92 Å². The zero-order valence-electron chi connectivity index (χ0n) is 11.7. The highest BCUT2D eigenvalue weighted by atomic mass is 16.3. The number of rotatable bonds is 3. The van der Waals surface area contributed by atoms with Crippen LogP contribution in [-0.2, 0) is 0 Å². The minimum absolute atomic E-state index is 0.127. The van der Waals surface area contributed by atoms with Crippen LogP contribution in [0.15, 0.2) is 24.3 Å². The Balaban J connectivity index is 1.78. The van der Waals surface area contributed by atoms with Crippen LogP contribution in [-0.4, -0.2) is 41.3 Å². The molecule has 19 heavy (non-hydrogen) atoms. The van der Waals surface area contributed by atoms with Crippen LogP contribution < -0.4 is 5.32 Å². The fourth-order valence-electron chi connectivity index (χ4n) is 3.63. The molecule has 2 unspecified atom stereocenters. The Morgan fingerprint density at radius 2 is 2.21 bits per heavy atom. The quantitative estimate of drug-likeness (QED) is 0.876. The molecular weight excluding hydrogens is 236 g/mol. The first-order valence-corrected chi connectivity index (χ1v) is 7.41. The lowest BCUT2D eigenvalue weighted by Crippen LogP contribution is -2.54. The number of benzene rings is 1. The summed E-state index contributed by atoms with van der Waals surface area (Å²) in [6.07, 6.45) is 4.71. The number of nitrogens with zero attached hydrogens (tertiary/aromatic N) is 1. The van der Waals surface area contributed by atoms with Crippen molar-refractivity contribution in [2.24, 2.45) is 0 Å². The van der Waals surface area contributed by atoms with Gasteiger partial charge in [0.05, 0.1) is 12.1 Å². The highest BCUT2D eigenvalue weighted by Gasteiger charge is 2.41. The molecule has 3 nitrogen and oxygen atoms in total. The summed E-state index contributed by atoms with van der Waals surface area (Å²) < 4.78 is 0. The lowest BCUT2D eigenvalue weighted by molar-refractivity contribution is 0.0964. The molecule has 0 radical (unpaired) electrons. The summed E-state index contributed by atoms with van der Waals surface area (Å²) in [6.45, 7) is 4.71. The maximum atomic E-state index is 9.93. The molecule has 0 aliphatic carbocycles. The topological polar surface area (TPSA) is 35.5 Å². The first-order valence-electron chi connectivity index (χ1n) is 7.41. The van der Waals surface area contributed by atoms with E-state index in [-0.39, 0.29) is 12.1 Å². The third-order valence-electron chi connectivity index (χ3n) is 4.85. The molecule has 0 aromatic heterocycles. The number of anilines is 1. The van der Waals surface area contributed by atoms with E-state index in [1.807, 2.05) is 0 Å². The van der Waals surface area contributed by atoms with E-state index in [1.54, 1.807) is 0 Å². The van der Waals surface area contributed by atoms with Crippen LogP contribution >= 0.6 is 0 Å². The number of hydrogen-bond donors (Lipinski definition) is 2. The summed E-state index contributed by atoms with van der Waals surface area (Å²) in [4.78, 5) is 2.59. The normalized spacial score (nSPS) is 31.2. The fraction of sp³-hybridized carbons (Fsp3) is 0.625. The zero-order chi connectivity index (χ0) is 13.3. The summed E-state index contributed by atoms with van der Waals surface area (Å²) >= 11 is 0. The molecule has 2 aliphatic heterocycles. The van der Waals surface area contributed by atoms with E-state index in [1.165, 1.54) is 30.6 Å². The van der Waals surface area contributed by atoms with E-state index < -0.39 is 0 Å². The Labute approximate surface area is 115 Å². The summed E-state index contributed by atoms with van der Waals surface area (Å²) in [7, 11) is 0. The van der Waals surface area contributed by atoms with Crippen molar-refractivity contribution in [3.8, 4) is 0 Å². The molecule has 0 saturated carbocycles. The molecule has 1 aromatic carbocycles. The van der Waals surface area contributed by atoms with Crippen molar-refractivity contribution in [2.75, 3.05) is 25.0 Å². The number of aliphatic hydroxyl groups excluding tert-OH is 1. The molecule has 0 bridgehead atoms. The summed E-state index contributed by atoms with van der Waals surface area (Å²) in [6, 6.07) is 9.03. The molecule has 0 spiro atoms. The minimum atomic E-state index is -0.127. The van der Waals surface area contributed by atoms with Crippen LogP contribution in [0.3, 0.4) is 0 Å². The van der Waals surface area contributed by atoms with Gasteiger partial charge in [-0.2, -0.15) is 0 Å². The Hall–Kier alpha value is -1.06. The largest absolute Gasteiger partial charge is 0.394 e. The second kappa shape index (κ2) is 5.14. The van der Waals surface area contributed by atoms with Gasteiger partial charge in [0, 0.05) is 18.3 Å². The van der Waals surface area contributed by atoms with Gasteiger partial charge in [-0.1, -0.05) is 18.2 Å². The molecule has 2 saturated heterocycles. The number of piperidine rings is 1. The SMILES string of the molecule is Cc1ccccc1NC1(CO)CCN2CCCC2C1. The predicted molar refractivity (Wildman–Crippen MR) is 78.4 cm³/mol. The van der Waals surface area contributed by atoms with Crippen LogP contribution in [0.5, 0.6) is 0 Å². The molecule has 1 aromatic rings. The molecule has 104 valence electrons. The van der Waals surface area contributed by atoms with E-state index in [9.17, 15) is 5.11 Å². The number of para-hydroxylation sites is 1. The van der Waals surface area contributed by atoms with E-state index in [4.69, 9.17) is 0 Å². The predicted octanol–water partition coefficient (Wildman–Crippen LogP) is 2.40. The molecule has 2 N–H and O–H groups in total. The van der Waals surface area contributed by atoms with Crippen LogP contribution in [0.25, 0.3) is 0 Å². The monoisotopic (exact) mass is 260 g/mol. The van der Waals surface area contributed by atoms with Gasteiger partial charge in [0.15, 0.2) is 0 Å². The van der Waals surface area contributed by atoms with E-state index in [2.05, 4.69) is 41.4 Å². The van der Waals surface area contributed by atoms with Gasteiger partial charge in [-0.25, -0.2) is 0 Å².